The van der Waals surface area contributed by atoms with Gasteiger partial charge in [-0.15, -0.1) is 0 Å². The molecule has 2 aromatic rings. The van der Waals surface area contributed by atoms with Gasteiger partial charge in [0.2, 0.25) is 0 Å². The Balaban J connectivity index is 2.03. The fraction of sp³-hybridized carbons (Fsp3) is 0.176. The van der Waals surface area contributed by atoms with E-state index in [1.54, 1.807) is 31.4 Å². The van der Waals surface area contributed by atoms with E-state index >= 15 is 0 Å². The van der Waals surface area contributed by atoms with E-state index in [-0.39, 0.29) is 5.78 Å². The zero-order chi connectivity index (χ0) is 14.4. The van der Waals surface area contributed by atoms with E-state index in [4.69, 9.17) is 10.00 Å². The van der Waals surface area contributed by atoms with Crippen LogP contribution in [0.3, 0.4) is 0 Å². The van der Waals surface area contributed by atoms with Crippen molar-refractivity contribution in [1.82, 2.24) is 0 Å². The zero-order valence-corrected chi connectivity index (χ0v) is 11.3. The number of Topliss-reactive ketones (excluding diaryl/α,β-unsaturated/α-hetero) is 1. The molecule has 3 heteroatoms. The normalized spacial score (nSPS) is 9.80. The number of ether oxygens (including phenoxy) is 1. The van der Waals surface area contributed by atoms with Gasteiger partial charge in [-0.2, -0.15) is 5.26 Å². The lowest BCUT2D eigenvalue weighted by Gasteiger charge is -2.04. The van der Waals surface area contributed by atoms with E-state index in [9.17, 15) is 4.79 Å². The van der Waals surface area contributed by atoms with Crippen molar-refractivity contribution in [1.29, 1.82) is 5.26 Å². The van der Waals surface area contributed by atoms with E-state index in [2.05, 4.69) is 6.07 Å². The van der Waals surface area contributed by atoms with Crippen molar-refractivity contribution < 1.29 is 9.53 Å². The van der Waals surface area contributed by atoms with Gasteiger partial charge in [0.05, 0.1) is 18.7 Å². The molecule has 0 saturated heterocycles. The monoisotopic (exact) mass is 265 g/mol. The Hall–Kier alpha value is -2.60. The molecule has 0 heterocycles. The third-order valence-electron chi connectivity index (χ3n) is 3.15. The summed E-state index contributed by atoms with van der Waals surface area (Å²) in [4.78, 5) is 12.1. The molecule has 0 aromatic heterocycles. The van der Waals surface area contributed by atoms with Gasteiger partial charge in [-0.05, 0) is 30.2 Å². The maximum absolute atomic E-state index is 12.1. The van der Waals surface area contributed by atoms with Gasteiger partial charge in [-0.1, -0.05) is 30.3 Å². The van der Waals surface area contributed by atoms with Gasteiger partial charge in [-0.3, -0.25) is 4.79 Å². The summed E-state index contributed by atoms with van der Waals surface area (Å²) >= 11 is 0. The van der Waals surface area contributed by atoms with Gasteiger partial charge in [0.15, 0.2) is 5.78 Å². The summed E-state index contributed by atoms with van der Waals surface area (Å²) in [7, 11) is 1.62. The first-order valence-corrected chi connectivity index (χ1v) is 6.40. The molecule has 2 rings (SSSR count). The lowest BCUT2D eigenvalue weighted by molar-refractivity contribution is 0.0982. The molecule has 0 aliphatic heterocycles. The molecule has 0 radical (unpaired) electrons. The van der Waals surface area contributed by atoms with E-state index in [1.807, 2.05) is 24.3 Å². The molecule has 0 saturated carbocycles. The molecular formula is C17H15NO2. The molecule has 0 spiro atoms. The second kappa shape index (κ2) is 6.53. The molecule has 0 atom stereocenters. The molecule has 0 bridgehead atoms. The topological polar surface area (TPSA) is 50.1 Å². The lowest BCUT2D eigenvalue weighted by Crippen LogP contribution is -2.03. The maximum atomic E-state index is 12.1. The number of hydrogen-bond donors (Lipinski definition) is 0. The zero-order valence-electron chi connectivity index (χ0n) is 11.3. The highest BCUT2D eigenvalue weighted by Gasteiger charge is 2.10. The Morgan fingerprint density at radius 1 is 1.15 bits per heavy atom. The van der Waals surface area contributed by atoms with E-state index < -0.39 is 0 Å². The van der Waals surface area contributed by atoms with Crippen LogP contribution in [-0.2, 0) is 6.42 Å². The van der Waals surface area contributed by atoms with Crippen molar-refractivity contribution in [2.45, 2.75) is 12.8 Å². The summed E-state index contributed by atoms with van der Waals surface area (Å²) in [6.45, 7) is 0. The number of nitrogens with zero attached hydrogens (tertiary/aromatic N) is 1. The molecule has 100 valence electrons. The molecule has 2 aromatic carbocycles. The van der Waals surface area contributed by atoms with Crippen LogP contribution in [0.25, 0.3) is 0 Å². The summed E-state index contributed by atoms with van der Waals surface area (Å²) in [6.07, 6.45) is 1.05. The Morgan fingerprint density at radius 3 is 2.50 bits per heavy atom. The van der Waals surface area contributed by atoms with Crippen LogP contribution in [-0.4, -0.2) is 12.9 Å². The summed E-state index contributed by atoms with van der Waals surface area (Å²) in [5, 5.41) is 8.99. The quantitative estimate of drug-likeness (QED) is 0.779. The highest BCUT2D eigenvalue weighted by atomic mass is 16.5. The summed E-state index contributed by atoms with van der Waals surface area (Å²) in [5.41, 5.74) is 2.02. The first-order chi connectivity index (χ1) is 9.74. The fourth-order valence-corrected chi connectivity index (χ4v) is 2.01. The Labute approximate surface area is 118 Å². The number of hydrogen-bond acceptors (Lipinski definition) is 3. The van der Waals surface area contributed by atoms with Crippen LogP contribution < -0.4 is 4.74 Å². The third-order valence-corrected chi connectivity index (χ3v) is 3.15. The summed E-state index contributed by atoms with van der Waals surface area (Å²) in [6, 6.07) is 16.6. The first-order valence-electron chi connectivity index (χ1n) is 6.40. The fourth-order valence-electron chi connectivity index (χ4n) is 2.01. The average molecular weight is 265 g/mol. The van der Waals surface area contributed by atoms with Gasteiger partial charge in [0.25, 0.3) is 0 Å². The largest absolute Gasteiger partial charge is 0.497 e. The molecular weight excluding hydrogens is 250 g/mol. The molecule has 0 amide bonds. The molecule has 0 unspecified atom stereocenters. The van der Waals surface area contributed by atoms with Crippen molar-refractivity contribution in [2.75, 3.05) is 7.11 Å². The predicted molar refractivity (Wildman–Crippen MR) is 76.8 cm³/mol. The average Bonchev–Trinajstić information content (AvgIpc) is 2.53. The van der Waals surface area contributed by atoms with Gasteiger partial charge in [-0.25, -0.2) is 0 Å². The van der Waals surface area contributed by atoms with Crippen LogP contribution in [0.2, 0.25) is 0 Å². The summed E-state index contributed by atoms with van der Waals surface area (Å²) < 4.78 is 5.09. The number of aryl methyl sites for hydroxylation is 1. The Kier molecular flexibility index (Phi) is 4.52. The van der Waals surface area contributed by atoms with Gasteiger partial charge in [0.1, 0.15) is 5.75 Å². The van der Waals surface area contributed by atoms with Gasteiger partial charge in [0, 0.05) is 12.0 Å². The first kappa shape index (κ1) is 13.8. The van der Waals surface area contributed by atoms with Crippen LogP contribution in [0.4, 0.5) is 0 Å². The van der Waals surface area contributed by atoms with Crippen molar-refractivity contribution in [3.05, 3.63) is 65.2 Å². The minimum atomic E-state index is -0.00188. The van der Waals surface area contributed by atoms with E-state index in [0.29, 0.717) is 24.0 Å². The number of benzene rings is 2. The van der Waals surface area contributed by atoms with Crippen molar-refractivity contribution in [2.24, 2.45) is 0 Å². The Morgan fingerprint density at radius 2 is 1.85 bits per heavy atom. The van der Waals surface area contributed by atoms with E-state index in [1.165, 1.54) is 0 Å². The van der Waals surface area contributed by atoms with Crippen LogP contribution in [0, 0.1) is 11.3 Å². The SMILES string of the molecule is COc1ccc(CCC(=O)c2ccccc2C#N)cc1. The molecule has 0 fully saturated rings. The molecule has 20 heavy (non-hydrogen) atoms. The van der Waals surface area contributed by atoms with Gasteiger partial charge < -0.3 is 4.74 Å². The molecule has 0 aliphatic carbocycles. The van der Waals surface area contributed by atoms with Gasteiger partial charge >= 0.3 is 0 Å². The highest BCUT2D eigenvalue weighted by Crippen LogP contribution is 2.15. The molecule has 0 N–H and O–H groups in total. The standard InChI is InChI=1S/C17H15NO2/c1-20-15-9-6-13(7-10-15)8-11-17(19)16-5-3-2-4-14(16)12-18/h2-7,9-10H,8,11H2,1H3. The Bertz CT molecular complexity index is 639. The smallest absolute Gasteiger partial charge is 0.164 e. The highest BCUT2D eigenvalue weighted by molar-refractivity contribution is 5.98. The third kappa shape index (κ3) is 3.24. The van der Waals surface area contributed by atoms with Crippen LogP contribution in [0.1, 0.15) is 27.9 Å². The minimum absolute atomic E-state index is 0.00188. The molecule has 0 aliphatic rings. The van der Waals surface area contributed by atoms with Crippen molar-refractivity contribution >= 4 is 5.78 Å². The predicted octanol–water partition coefficient (Wildman–Crippen LogP) is 3.38. The number of methoxy groups -OCH3 is 1. The van der Waals surface area contributed by atoms with Crippen LogP contribution >= 0.6 is 0 Å². The van der Waals surface area contributed by atoms with Crippen molar-refractivity contribution in [3.8, 4) is 11.8 Å². The number of ketones is 1. The van der Waals surface area contributed by atoms with Crippen molar-refractivity contribution in [3.63, 3.8) is 0 Å². The number of nitriles is 1. The second-order valence-electron chi connectivity index (χ2n) is 4.43. The van der Waals surface area contributed by atoms with Crippen LogP contribution in [0.5, 0.6) is 5.75 Å². The number of carbonyl (C=O) groups excluding carboxylic acids is 1. The number of carbonyl (C=O) groups is 1. The lowest BCUT2D eigenvalue weighted by atomic mass is 9.99. The van der Waals surface area contributed by atoms with E-state index in [0.717, 1.165) is 11.3 Å². The molecule has 3 nitrogen and oxygen atoms in total. The summed E-state index contributed by atoms with van der Waals surface area (Å²) in [5.74, 6) is 0.799. The maximum Gasteiger partial charge on any atom is 0.164 e. The number of rotatable bonds is 5. The second-order valence-corrected chi connectivity index (χ2v) is 4.43. The van der Waals surface area contributed by atoms with Crippen LogP contribution in [0.15, 0.2) is 48.5 Å². The minimum Gasteiger partial charge on any atom is -0.497 e.